The molecule has 0 unspecified atom stereocenters. The molecule has 0 amide bonds. The summed E-state index contributed by atoms with van der Waals surface area (Å²) in [6, 6.07) is 9.04. The summed E-state index contributed by atoms with van der Waals surface area (Å²) < 4.78 is 19.5. The lowest BCUT2D eigenvalue weighted by atomic mass is 9.84. The van der Waals surface area contributed by atoms with Crippen molar-refractivity contribution in [1.82, 2.24) is 0 Å². The smallest absolute Gasteiger partial charge is 0.201 e. The molecule has 6 N–H and O–H groups in total. The second-order valence-electron chi connectivity index (χ2n) is 16.0. The fourth-order valence-electron chi connectivity index (χ4n) is 7.93. The van der Waals surface area contributed by atoms with E-state index in [9.17, 15) is 30.6 Å². The molecule has 0 spiro atoms. The lowest BCUT2D eigenvalue weighted by Crippen LogP contribution is -2.24. The van der Waals surface area contributed by atoms with Gasteiger partial charge >= 0.3 is 0 Å². The van der Waals surface area contributed by atoms with Gasteiger partial charge in [0.15, 0.2) is 11.5 Å². The molecule has 0 aliphatic carbocycles. The van der Waals surface area contributed by atoms with Crippen molar-refractivity contribution in [1.29, 1.82) is 0 Å². The third-order valence-electron chi connectivity index (χ3n) is 10.8. The molecule has 2 aliphatic heterocycles. The Hall–Kier alpha value is -6.03. The highest BCUT2D eigenvalue weighted by atomic mass is 16.5. The summed E-state index contributed by atoms with van der Waals surface area (Å²) >= 11 is 0. The number of rotatable bonds is 9. The summed E-state index contributed by atoms with van der Waals surface area (Å²) in [5.41, 5.74) is 5.25. The molecular formula is C46H48O10. The van der Waals surface area contributed by atoms with Gasteiger partial charge in [-0.2, -0.15) is 0 Å². The molecule has 0 saturated heterocycles. The van der Waals surface area contributed by atoms with E-state index in [0.29, 0.717) is 33.8 Å². The first-order valence-electron chi connectivity index (χ1n) is 18.9. The van der Waals surface area contributed by atoms with Crippen molar-refractivity contribution < 1.29 is 49.3 Å². The lowest BCUT2D eigenvalue weighted by Gasteiger charge is -2.30. The lowest BCUT2D eigenvalue weighted by molar-refractivity contribution is 0.103. The molecular weight excluding hydrogens is 712 g/mol. The van der Waals surface area contributed by atoms with E-state index in [1.165, 1.54) is 12.1 Å². The van der Waals surface area contributed by atoms with E-state index < -0.39 is 23.4 Å². The Morgan fingerprint density at radius 2 is 1.43 bits per heavy atom. The SMILES string of the molecule is CC(C)=CCc1c(O)c(C(=O)c2c(-c3cc(C(C)C)c(O)cc3O)oc3c(CC=C(C)C)c(O)c(O)cc23)cc2c1O[C@H]1c3ccc(O)c(C(C)C)c3OC[C@@H]21. The summed E-state index contributed by atoms with van der Waals surface area (Å²) in [5.74, 6) is -1.83. The van der Waals surface area contributed by atoms with E-state index >= 15 is 4.79 Å². The number of furan rings is 1. The molecule has 0 radical (unpaired) electrons. The monoisotopic (exact) mass is 760 g/mol. The van der Waals surface area contributed by atoms with Gasteiger partial charge in [-0.25, -0.2) is 0 Å². The normalized spacial score (nSPS) is 15.6. The zero-order chi connectivity index (χ0) is 40.5. The number of hydrogen-bond donors (Lipinski definition) is 6. The highest BCUT2D eigenvalue weighted by Crippen LogP contribution is 2.57. The number of carbonyl (C=O) groups is 1. The van der Waals surface area contributed by atoms with Crippen LogP contribution in [0, 0.1) is 0 Å². The average molecular weight is 761 g/mol. The number of phenols is 6. The van der Waals surface area contributed by atoms with Crippen LogP contribution in [0.15, 0.2) is 64.1 Å². The molecule has 0 fully saturated rings. The van der Waals surface area contributed by atoms with Gasteiger partial charge in [0.1, 0.15) is 51.9 Å². The fourth-order valence-corrected chi connectivity index (χ4v) is 7.93. The van der Waals surface area contributed by atoms with Gasteiger partial charge in [0, 0.05) is 39.3 Å². The minimum absolute atomic E-state index is 0.0285. The largest absolute Gasteiger partial charge is 0.508 e. The second-order valence-corrected chi connectivity index (χ2v) is 16.0. The molecule has 56 heavy (non-hydrogen) atoms. The molecule has 292 valence electrons. The zero-order valence-corrected chi connectivity index (χ0v) is 32.9. The van der Waals surface area contributed by atoms with Crippen molar-refractivity contribution in [3.05, 3.63) is 104 Å². The van der Waals surface area contributed by atoms with Gasteiger partial charge < -0.3 is 44.5 Å². The average Bonchev–Trinajstić information content (AvgIpc) is 3.68. The van der Waals surface area contributed by atoms with E-state index in [1.807, 2.05) is 67.5 Å². The van der Waals surface area contributed by atoms with Gasteiger partial charge in [-0.15, -0.1) is 0 Å². The van der Waals surface area contributed by atoms with E-state index in [0.717, 1.165) is 16.7 Å². The Bertz CT molecular complexity index is 2490. The van der Waals surface area contributed by atoms with Crippen LogP contribution in [-0.4, -0.2) is 43.0 Å². The molecule has 4 aromatic carbocycles. The first-order valence-corrected chi connectivity index (χ1v) is 18.9. The van der Waals surface area contributed by atoms with Gasteiger partial charge in [0.25, 0.3) is 0 Å². The molecule has 10 heteroatoms. The highest BCUT2D eigenvalue weighted by molar-refractivity contribution is 6.21. The van der Waals surface area contributed by atoms with Crippen molar-refractivity contribution in [2.45, 2.75) is 92.1 Å². The van der Waals surface area contributed by atoms with Gasteiger partial charge in [0.05, 0.1) is 29.2 Å². The topological polar surface area (TPSA) is 170 Å². The number of carbonyl (C=O) groups excluding carboxylic acids is 1. The van der Waals surface area contributed by atoms with Crippen LogP contribution >= 0.6 is 0 Å². The van der Waals surface area contributed by atoms with Crippen LogP contribution in [0.3, 0.4) is 0 Å². The minimum Gasteiger partial charge on any atom is -0.508 e. The van der Waals surface area contributed by atoms with Crippen LogP contribution in [0.5, 0.6) is 46.0 Å². The number of aromatic hydroxyl groups is 6. The van der Waals surface area contributed by atoms with Crippen LogP contribution in [0.1, 0.15) is 129 Å². The number of benzene rings is 4. The number of ketones is 1. The van der Waals surface area contributed by atoms with Crippen molar-refractivity contribution in [3.63, 3.8) is 0 Å². The summed E-state index contributed by atoms with van der Waals surface area (Å²) in [4.78, 5) is 15.3. The summed E-state index contributed by atoms with van der Waals surface area (Å²) in [5, 5.41) is 67.2. The van der Waals surface area contributed by atoms with E-state index in [2.05, 4.69) is 0 Å². The summed E-state index contributed by atoms with van der Waals surface area (Å²) in [6.45, 7) is 15.5. The van der Waals surface area contributed by atoms with E-state index in [1.54, 1.807) is 24.3 Å². The first-order chi connectivity index (χ1) is 26.5. The Morgan fingerprint density at radius 3 is 2.07 bits per heavy atom. The van der Waals surface area contributed by atoms with Crippen LogP contribution in [0.25, 0.3) is 22.3 Å². The fraction of sp³-hybridized carbons (Fsp3) is 0.326. The minimum atomic E-state index is -0.665. The van der Waals surface area contributed by atoms with Crippen molar-refractivity contribution >= 4 is 16.8 Å². The van der Waals surface area contributed by atoms with Gasteiger partial charge in [-0.1, -0.05) is 51.0 Å². The Labute approximate surface area is 325 Å². The molecule has 3 heterocycles. The number of fused-ring (bicyclic) bond motifs is 6. The van der Waals surface area contributed by atoms with E-state index in [-0.39, 0.29) is 99.2 Å². The van der Waals surface area contributed by atoms with Gasteiger partial charge in [-0.3, -0.25) is 4.79 Å². The van der Waals surface area contributed by atoms with Gasteiger partial charge in [-0.05, 0) is 88.3 Å². The number of ether oxygens (including phenoxy) is 2. The maximum atomic E-state index is 15.3. The zero-order valence-electron chi connectivity index (χ0n) is 32.9. The number of phenolic OH excluding ortho intramolecular Hbond substituents is 6. The maximum absolute atomic E-state index is 15.3. The molecule has 0 saturated carbocycles. The Balaban J connectivity index is 1.49. The first kappa shape index (κ1) is 38.3. The molecule has 1 aromatic heterocycles. The molecule has 7 rings (SSSR count). The second kappa shape index (κ2) is 14.2. The van der Waals surface area contributed by atoms with Crippen molar-refractivity contribution in [2.24, 2.45) is 0 Å². The molecule has 10 nitrogen and oxygen atoms in total. The van der Waals surface area contributed by atoms with E-state index in [4.69, 9.17) is 13.9 Å². The van der Waals surface area contributed by atoms with Crippen LogP contribution in [0.2, 0.25) is 0 Å². The number of allylic oxidation sites excluding steroid dienone is 4. The number of hydrogen-bond acceptors (Lipinski definition) is 10. The van der Waals surface area contributed by atoms with Crippen molar-refractivity contribution in [2.75, 3.05) is 6.61 Å². The molecule has 2 atom stereocenters. The van der Waals surface area contributed by atoms with Gasteiger partial charge in [0.2, 0.25) is 5.78 Å². The maximum Gasteiger partial charge on any atom is 0.201 e. The van der Waals surface area contributed by atoms with Crippen LogP contribution in [-0.2, 0) is 12.8 Å². The molecule has 0 bridgehead atoms. The standard InChI is InChI=1S/C46H48O10/c1-20(2)9-11-24-39(51)31(16-28-32-19-54-45-26(44(32)55-42(24)28)13-14-33(47)37(45)23(7)8)41(53)38-30-17-36(50)40(52)25(12-10-21(3)4)43(30)56-46(38)29-15-27(22(5)6)34(48)18-35(29)49/h9-10,13-18,22-23,32,44,47-52H,11-12,19H2,1-8H3/t32-,44-/m0/s1. The van der Waals surface area contributed by atoms with Crippen LogP contribution in [0.4, 0.5) is 0 Å². The summed E-state index contributed by atoms with van der Waals surface area (Å²) in [7, 11) is 0. The third kappa shape index (κ3) is 6.27. The van der Waals surface area contributed by atoms with Crippen LogP contribution < -0.4 is 9.47 Å². The molecule has 2 aliphatic rings. The third-order valence-corrected chi connectivity index (χ3v) is 10.8. The quantitative estimate of drug-likeness (QED) is 0.0483. The predicted octanol–water partition coefficient (Wildman–Crippen LogP) is 10.4. The summed E-state index contributed by atoms with van der Waals surface area (Å²) in [6.07, 6.45) is 3.67. The highest BCUT2D eigenvalue weighted by Gasteiger charge is 2.45. The van der Waals surface area contributed by atoms with Crippen molar-refractivity contribution in [3.8, 4) is 57.3 Å². The Morgan fingerprint density at radius 1 is 0.750 bits per heavy atom. The Kier molecular flexibility index (Phi) is 9.72. The molecule has 5 aromatic rings. The predicted molar refractivity (Wildman–Crippen MR) is 214 cm³/mol.